The monoisotopic (exact) mass is 285 g/mol. The summed E-state index contributed by atoms with van der Waals surface area (Å²) in [5.74, 6) is 0.603. The molecule has 0 amide bonds. The van der Waals surface area contributed by atoms with Gasteiger partial charge in [0.1, 0.15) is 5.82 Å². The van der Waals surface area contributed by atoms with Gasteiger partial charge in [0.05, 0.1) is 0 Å². The van der Waals surface area contributed by atoms with Crippen LogP contribution in [0.15, 0.2) is 16.6 Å². The highest BCUT2D eigenvalue weighted by molar-refractivity contribution is 9.10. The molecule has 2 rings (SSSR count). The van der Waals surface area contributed by atoms with Crippen LogP contribution in [-0.2, 0) is 6.42 Å². The van der Waals surface area contributed by atoms with Crippen molar-refractivity contribution in [3.05, 3.63) is 33.5 Å². The van der Waals surface area contributed by atoms with Gasteiger partial charge in [-0.3, -0.25) is 0 Å². The van der Waals surface area contributed by atoms with Gasteiger partial charge >= 0.3 is 0 Å². The molecule has 1 aliphatic heterocycles. The third kappa shape index (κ3) is 2.83. The fraction of sp³-hybridized carbons (Fsp3) is 0.538. The summed E-state index contributed by atoms with van der Waals surface area (Å²) in [6.07, 6.45) is 3.18. The highest BCUT2D eigenvalue weighted by atomic mass is 79.9. The van der Waals surface area contributed by atoms with E-state index in [1.54, 1.807) is 0 Å². The van der Waals surface area contributed by atoms with Gasteiger partial charge in [-0.15, -0.1) is 0 Å². The molecule has 1 N–H and O–H groups in total. The van der Waals surface area contributed by atoms with Crippen LogP contribution in [0.25, 0.3) is 0 Å². The first kappa shape index (κ1) is 12.1. The Morgan fingerprint density at radius 3 is 2.75 bits per heavy atom. The van der Waals surface area contributed by atoms with Gasteiger partial charge in [0.2, 0.25) is 0 Å². The van der Waals surface area contributed by atoms with Gasteiger partial charge in [0.15, 0.2) is 0 Å². The maximum absolute atomic E-state index is 13.9. The zero-order chi connectivity index (χ0) is 11.5. The van der Waals surface area contributed by atoms with Crippen LogP contribution in [0.2, 0.25) is 0 Å². The summed E-state index contributed by atoms with van der Waals surface area (Å²) in [4.78, 5) is 0. The lowest BCUT2D eigenvalue weighted by Crippen LogP contribution is -2.28. The minimum atomic E-state index is -0.0262. The van der Waals surface area contributed by atoms with E-state index in [-0.39, 0.29) is 5.82 Å². The molecule has 0 saturated carbocycles. The van der Waals surface area contributed by atoms with E-state index < -0.39 is 0 Å². The molecule has 88 valence electrons. The Morgan fingerprint density at radius 1 is 1.38 bits per heavy atom. The van der Waals surface area contributed by atoms with E-state index in [0.717, 1.165) is 48.0 Å². The summed E-state index contributed by atoms with van der Waals surface area (Å²) < 4.78 is 14.9. The van der Waals surface area contributed by atoms with Gasteiger partial charge in [0.25, 0.3) is 0 Å². The fourth-order valence-corrected chi connectivity index (χ4v) is 2.96. The Kier molecular flexibility index (Phi) is 3.98. The average molecular weight is 286 g/mol. The fourth-order valence-electron chi connectivity index (χ4n) is 2.34. The van der Waals surface area contributed by atoms with Crippen LogP contribution in [0.4, 0.5) is 4.39 Å². The second-order valence-corrected chi connectivity index (χ2v) is 5.51. The zero-order valence-electron chi connectivity index (χ0n) is 9.52. The number of aryl methyl sites for hydroxylation is 1. The van der Waals surface area contributed by atoms with E-state index >= 15 is 0 Å². The zero-order valence-corrected chi connectivity index (χ0v) is 11.1. The van der Waals surface area contributed by atoms with Crippen molar-refractivity contribution in [2.24, 2.45) is 5.92 Å². The SMILES string of the molecule is Cc1cc(Br)cc(CC2CCNCC2)c1F. The maximum Gasteiger partial charge on any atom is 0.129 e. The van der Waals surface area contributed by atoms with Gasteiger partial charge < -0.3 is 5.32 Å². The third-order valence-corrected chi connectivity index (χ3v) is 3.72. The highest BCUT2D eigenvalue weighted by Crippen LogP contribution is 2.25. The largest absolute Gasteiger partial charge is 0.317 e. The van der Waals surface area contributed by atoms with Crippen molar-refractivity contribution in [3.63, 3.8) is 0 Å². The van der Waals surface area contributed by atoms with Crippen molar-refractivity contribution in [1.29, 1.82) is 0 Å². The first-order valence-corrected chi connectivity index (χ1v) is 6.61. The molecule has 0 bridgehead atoms. The van der Waals surface area contributed by atoms with Gasteiger partial charge in [-0.1, -0.05) is 15.9 Å². The molecule has 0 spiro atoms. The molecule has 0 atom stereocenters. The summed E-state index contributed by atoms with van der Waals surface area (Å²) in [6.45, 7) is 3.96. The Bertz CT molecular complexity index is 372. The summed E-state index contributed by atoms with van der Waals surface area (Å²) in [5, 5.41) is 3.33. The van der Waals surface area contributed by atoms with Gasteiger partial charge in [-0.2, -0.15) is 0 Å². The molecule has 1 saturated heterocycles. The lowest BCUT2D eigenvalue weighted by Gasteiger charge is -2.23. The average Bonchev–Trinajstić information content (AvgIpc) is 2.27. The lowest BCUT2D eigenvalue weighted by atomic mass is 9.90. The molecule has 1 fully saturated rings. The molecule has 1 aliphatic rings. The first-order chi connectivity index (χ1) is 7.66. The summed E-state index contributed by atoms with van der Waals surface area (Å²) in [7, 11) is 0. The summed E-state index contributed by atoms with van der Waals surface area (Å²) >= 11 is 3.43. The number of rotatable bonds is 2. The number of piperidine rings is 1. The van der Waals surface area contributed by atoms with E-state index in [1.807, 2.05) is 19.1 Å². The Labute approximate surface area is 105 Å². The summed E-state index contributed by atoms with van der Waals surface area (Å²) in [5.41, 5.74) is 1.59. The van der Waals surface area contributed by atoms with E-state index in [2.05, 4.69) is 21.2 Å². The van der Waals surface area contributed by atoms with Crippen molar-refractivity contribution < 1.29 is 4.39 Å². The molecule has 1 aromatic carbocycles. The molecular formula is C13H17BrFN. The molecule has 0 aliphatic carbocycles. The topological polar surface area (TPSA) is 12.0 Å². The van der Waals surface area contributed by atoms with Gasteiger partial charge in [-0.25, -0.2) is 4.39 Å². The van der Waals surface area contributed by atoms with Crippen LogP contribution in [0.3, 0.4) is 0 Å². The molecule has 1 nitrogen and oxygen atoms in total. The van der Waals surface area contributed by atoms with E-state index in [9.17, 15) is 4.39 Å². The first-order valence-electron chi connectivity index (χ1n) is 5.82. The second-order valence-electron chi connectivity index (χ2n) is 4.59. The number of hydrogen-bond acceptors (Lipinski definition) is 1. The van der Waals surface area contributed by atoms with Crippen LogP contribution in [0, 0.1) is 18.7 Å². The van der Waals surface area contributed by atoms with Crippen LogP contribution < -0.4 is 5.32 Å². The molecule has 0 unspecified atom stereocenters. The standard InChI is InChI=1S/C13H17BrFN/c1-9-6-12(14)8-11(13(9)15)7-10-2-4-16-5-3-10/h6,8,10,16H,2-5,7H2,1H3. The van der Waals surface area contributed by atoms with E-state index in [4.69, 9.17) is 0 Å². The molecule has 1 heterocycles. The number of benzene rings is 1. The quantitative estimate of drug-likeness (QED) is 0.878. The Hall–Kier alpha value is -0.410. The molecule has 1 aromatic rings. The predicted octanol–water partition coefficient (Wildman–Crippen LogP) is 3.44. The van der Waals surface area contributed by atoms with Gasteiger partial charge in [-0.05, 0) is 68.5 Å². The normalized spacial score (nSPS) is 17.7. The molecular weight excluding hydrogens is 269 g/mol. The molecule has 16 heavy (non-hydrogen) atoms. The summed E-state index contributed by atoms with van der Waals surface area (Å²) in [6, 6.07) is 3.76. The Balaban J connectivity index is 2.13. The number of halogens is 2. The van der Waals surface area contributed by atoms with E-state index in [1.165, 1.54) is 0 Å². The predicted molar refractivity (Wildman–Crippen MR) is 68.1 cm³/mol. The number of nitrogens with one attached hydrogen (secondary N) is 1. The Morgan fingerprint density at radius 2 is 2.06 bits per heavy atom. The minimum absolute atomic E-state index is 0.0262. The number of hydrogen-bond donors (Lipinski definition) is 1. The van der Waals surface area contributed by atoms with Crippen LogP contribution >= 0.6 is 15.9 Å². The molecule has 0 aromatic heterocycles. The van der Waals surface area contributed by atoms with Crippen molar-refractivity contribution in [3.8, 4) is 0 Å². The van der Waals surface area contributed by atoms with Crippen molar-refractivity contribution in [2.75, 3.05) is 13.1 Å². The van der Waals surface area contributed by atoms with Gasteiger partial charge in [0, 0.05) is 4.47 Å². The molecule has 0 radical (unpaired) electrons. The van der Waals surface area contributed by atoms with Crippen LogP contribution in [0.1, 0.15) is 24.0 Å². The smallest absolute Gasteiger partial charge is 0.129 e. The molecule has 3 heteroatoms. The van der Waals surface area contributed by atoms with Crippen LogP contribution in [-0.4, -0.2) is 13.1 Å². The lowest BCUT2D eigenvalue weighted by molar-refractivity contribution is 0.368. The highest BCUT2D eigenvalue weighted by Gasteiger charge is 2.16. The maximum atomic E-state index is 13.9. The van der Waals surface area contributed by atoms with Crippen molar-refractivity contribution in [1.82, 2.24) is 5.32 Å². The minimum Gasteiger partial charge on any atom is -0.317 e. The third-order valence-electron chi connectivity index (χ3n) is 3.26. The van der Waals surface area contributed by atoms with E-state index in [0.29, 0.717) is 5.92 Å². The van der Waals surface area contributed by atoms with Crippen molar-refractivity contribution >= 4 is 15.9 Å². The van der Waals surface area contributed by atoms with Crippen molar-refractivity contribution in [2.45, 2.75) is 26.2 Å². The second kappa shape index (κ2) is 5.28. The van der Waals surface area contributed by atoms with Crippen LogP contribution in [0.5, 0.6) is 0 Å².